The highest BCUT2D eigenvalue weighted by atomic mass is 16.5. The maximum Gasteiger partial charge on any atom is 0.125 e. The zero-order chi connectivity index (χ0) is 13.8. The normalized spacial score (nSPS) is 12.1. The van der Waals surface area contributed by atoms with Crippen LogP contribution in [0.3, 0.4) is 0 Å². The average molecular weight is 260 g/mol. The molecule has 0 bridgehead atoms. The van der Waals surface area contributed by atoms with Crippen molar-refractivity contribution in [2.24, 2.45) is 0 Å². The lowest BCUT2D eigenvalue weighted by atomic mass is 10.1. The molecule has 0 radical (unpaired) electrons. The molecule has 100 valence electrons. The van der Waals surface area contributed by atoms with E-state index in [1.165, 1.54) is 18.2 Å². The van der Waals surface area contributed by atoms with Crippen molar-refractivity contribution in [3.05, 3.63) is 53.6 Å². The molecular formula is C15H16O4. The largest absolute Gasteiger partial charge is 0.508 e. The molecule has 0 aliphatic rings. The van der Waals surface area contributed by atoms with Crippen LogP contribution in [0.4, 0.5) is 0 Å². The van der Waals surface area contributed by atoms with Crippen molar-refractivity contribution in [1.29, 1.82) is 0 Å². The SMILES string of the molecule is Cc1ccccc1OCC(O)c1ccc(O)cc1O. The quantitative estimate of drug-likeness (QED) is 0.790. The van der Waals surface area contributed by atoms with Crippen molar-refractivity contribution in [3.8, 4) is 17.2 Å². The number of aliphatic hydroxyl groups excluding tert-OH is 1. The molecule has 19 heavy (non-hydrogen) atoms. The van der Waals surface area contributed by atoms with Gasteiger partial charge >= 0.3 is 0 Å². The maximum absolute atomic E-state index is 9.98. The number of ether oxygens (including phenoxy) is 1. The van der Waals surface area contributed by atoms with E-state index < -0.39 is 6.10 Å². The fourth-order valence-electron chi connectivity index (χ4n) is 1.79. The van der Waals surface area contributed by atoms with Gasteiger partial charge in [-0.25, -0.2) is 0 Å². The van der Waals surface area contributed by atoms with Crippen LogP contribution in [0.15, 0.2) is 42.5 Å². The van der Waals surface area contributed by atoms with Crippen LogP contribution in [-0.2, 0) is 0 Å². The standard InChI is InChI=1S/C15H16O4/c1-10-4-2-3-5-15(10)19-9-14(18)12-7-6-11(16)8-13(12)17/h2-8,14,16-18H,9H2,1H3. The molecule has 0 fully saturated rings. The Kier molecular flexibility index (Phi) is 3.92. The summed E-state index contributed by atoms with van der Waals surface area (Å²) < 4.78 is 5.51. The number of hydrogen-bond donors (Lipinski definition) is 3. The number of phenolic OH excluding ortho intramolecular Hbond substituents is 2. The summed E-state index contributed by atoms with van der Waals surface area (Å²) in [5.74, 6) is 0.494. The van der Waals surface area contributed by atoms with Crippen LogP contribution >= 0.6 is 0 Å². The first-order chi connectivity index (χ1) is 9.08. The molecule has 2 aromatic carbocycles. The Balaban J connectivity index is 2.05. The summed E-state index contributed by atoms with van der Waals surface area (Å²) in [6.07, 6.45) is -0.958. The molecule has 4 heteroatoms. The molecule has 3 N–H and O–H groups in total. The van der Waals surface area contributed by atoms with E-state index in [0.717, 1.165) is 5.56 Å². The van der Waals surface area contributed by atoms with Gasteiger partial charge in [-0.2, -0.15) is 0 Å². The van der Waals surface area contributed by atoms with Gasteiger partial charge in [0, 0.05) is 11.6 Å². The van der Waals surface area contributed by atoms with Crippen molar-refractivity contribution in [2.75, 3.05) is 6.61 Å². The van der Waals surface area contributed by atoms with Crippen LogP contribution in [0.2, 0.25) is 0 Å². The van der Waals surface area contributed by atoms with Gasteiger partial charge in [0.15, 0.2) is 0 Å². The molecule has 0 aliphatic carbocycles. The highest BCUT2D eigenvalue weighted by Crippen LogP contribution is 2.28. The van der Waals surface area contributed by atoms with Gasteiger partial charge in [0.05, 0.1) is 0 Å². The topological polar surface area (TPSA) is 69.9 Å². The molecule has 0 aliphatic heterocycles. The maximum atomic E-state index is 9.98. The minimum atomic E-state index is -0.958. The van der Waals surface area contributed by atoms with E-state index in [-0.39, 0.29) is 18.1 Å². The second-order valence-corrected chi connectivity index (χ2v) is 4.34. The smallest absolute Gasteiger partial charge is 0.125 e. The van der Waals surface area contributed by atoms with Crippen molar-refractivity contribution < 1.29 is 20.1 Å². The van der Waals surface area contributed by atoms with E-state index in [9.17, 15) is 15.3 Å². The zero-order valence-electron chi connectivity index (χ0n) is 10.6. The predicted molar refractivity (Wildman–Crippen MR) is 71.4 cm³/mol. The predicted octanol–water partition coefficient (Wildman–Crippen LogP) is 2.52. The van der Waals surface area contributed by atoms with E-state index in [0.29, 0.717) is 11.3 Å². The number of benzene rings is 2. The minimum Gasteiger partial charge on any atom is -0.508 e. The van der Waals surface area contributed by atoms with Crippen LogP contribution in [-0.4, -0.2) is 21.9 Å². The number of para-hydroxylation sites is 1. The third-order valence-corrected chi connectivity index (χ3v) is 2.86. The summed E-state index contributed by atoms with van der Waals surface area (Å²) in [4.78, 5) is 0. The van der Waals surface area contributed by atoms with E-state index in [4.69, 9.17) is 4.74 Å². The van der Waals surface area contributed by atoms with E-state index in [2.05, 4.69) is 0 Å². The number of rotatable bonds is 4. The first-order valence-corrected chi connectivity index (χ1v) is 5.96. The molecule has 0 saturated heterocycles. The second kappa shape index (κ2) is 5.63. The molecule has 2 aromatic rings. The van der Waals surface area contributed by atoms with Crippen molar-refractivity contribution in [1.82, 2.24) is 0 Å². The highest BCUT2D eigenvalue weighted by Gasteiger charge is 2.14. The number of hydrogen-bond acceptors (Lipinski definition) is 4. The van der Waals surface area contributed by atoms with Gasteiger partial charge in [0.25, 0.3) is 0 Å². The lowest BCUT2D eigenvalue weighted by Crippen LogP contribution is -2.10. The van der Waals surface area contributed by atoms with E-state index in [1.807, 2.05) is 31.2 Å². The Morgan fingerprint density at radius 2 is 1.84 bits per heavy atom. The molecule has 1 unspecified atom stereocenters. The summed E-state index contributed by atoms with van der Waals surface area (Å²) in [6.45, 7) is 1.95. The summed E-state index contributed by atoms with van der Waals surface area (Å²) in [5, 5.41) is 28.8. The van der Waals surface area contributed by atoms with Gasteiger partial charge in [-0.3, -0.25) is 0 Å². The number of aliphatic hydroxyl groups is 1. The van der Waals surface area contributed by atoms with Crippen LogP contribution in [0.5, 0.6) is 17.2 Å². The highest BCUT2D eigenvalue weighted by molar-refractivity contribution is 5.40. The Hall–Kier alpha value is -2.20. The molecule has 2 rings (SSSR count). The van der Waals surface area contributed by atoms with Gasteiger partial charge in [-0.15, -0.1) is 0 Å². The molecule has 0 aromatic heterocycles. The fraction of sp³-hybridized carbons (Fsp3) is 0.200. The Bertz CT molecular complexity index is 566. The average Bonchev–Trinajstić information content (AvgIpc) is 2.37. The number of phenols is 2. The van der Waals surface area contributed by atoms with Crippen molar-refractivity contribution in [3.63, 3.8) is 0 Å². The minimum absolute atomic E-state index is 0.0309. The Morgan fingerprint density at radius 3 is 2.53 bits per heavy atom. The van der Waals surface area contributed by atoms with Gasteiger partial charge in [-0.1, -0.05) is 18.2 Å². The molecule has 1 atom stereocenters. The van der Waals surface area contributed by atoms with Gasteiger partial charge in [-0.05, 0) is 30.7 Å². The van der Waals surface area contributed by atoms with E-state index in [1.54, 1.807) is 0 Å². The molecule has 0 heterocycles. The lowest BCUT2D eigenvalue weighted by Gasteiger charge is -2.15. The number of aromatic hydroxyl groups is 2. The zero-order valence-corrected chi connectivity index (χ0v) is 10.6. The third kappa shape index (κ3) is 3.17. The second-order valence-electron chi connectivity index (χ2n) is 4.34. The monoisotopic (exact) mass is 260 g/mol. The van der Waals surface area contributed by atoms with Crippen molar-refractivity contribution >= 4 is 0 Å². The lowest BCUT2D eigenvalue weighted by molar-refractivity contribution is 0.105. The van der Waals surface area contributed by atoms with Crippen LogP contribution in [0.1, 0.15) is 17.2 Å². The molecule has 0 spiro atoms. The summed E-state index contributed by atoms with van der Waals surface area (Å²) >= 11 is 0. The van der Waals surface area contributed by atoms with Gasteiger partial charge in [0.2, 0.25) is 0 Å². The summed E-state index contributed by atoms with van der Waals surface area (Å²) in [5.41, 5.74) is 1.30. The van der Waals surface area contributed by atoms with Gasteiger partial charge in [0.1, 0.15) is 30.0 Å². The Labute approximate surface area is 111 Å². The van der Waals surface area contributed by atoms with Crippen LogP contribution < -0.4 is 4.74 Å². The van der Waals surface area contributed by atoms with Crippen LogP contribution in [0.25, 0.3) is 0 Å². The van der Waals surface area contributed by atoms with Crippen molar-refractivity contribution in [2.45, 2.75) is 13.0 Å². The summed E-state index contributed by atoms with van der Waals surface area (Å²) in [7, 11) is 0. The molecule has 0 saturated carbocycles. The number of aryl methyl sites for hydroxylation is 1. The molecular weight excluding hydrogens is 244 g/mol. The van der Waals surface area contributed by atoms with Crippen LogP contribution in [0, 0.1) is 6.92 Å². The molecule has 0 amide bonds. The summed E-state index contributed by atoms with van der Waals surface area (Å²) in [6, 6.07) is 11.6. The van der Waals surface area contributed by atoms with E-state index >= 15 is 0 Å². The first-order valence-electron chi connectivity index (χ1n) is 5.96. The third-order valence-electron chi connectivity index (χ3n) is 2.86. The Morgan fingerprint density at radius 1 is 1.11 bits per heavy atom. The first kappa shape index (κ1) is 13.2. The molecule has 4 nitrogen and oxygen atoms in total. The van der Waals surface area contributed by atoms with Gasteiger partial charge < -0.3 is 20.1 Å². The fourth-order valence-corrected chi connectivity index (χ4v) is 1.79.